The van der Waals surface area contributed by atoms with Crippen LogP contribution < -0.4 is 9.64 Å². The topological polar surface area (TPSA) is 58.5 Å². The minimum Gasteiger partial charge on any atom is -0.478 e. The summed E-state index contributed by atoms with van der Waals surface area (Å²) >= 11 is 0. The minimum absolute atomic E-state index is 0.174. The van der Waals surface area contributed by atoms with Gasteiger partial charge in [0.1, 0.15) is 12.1 Å². The zero-order valence-electron chi connectivity index (χ0n) is 10.2. The van der Waals surface area contributed by atoms with Gasteiger partial charge in [0.2, 0.25) is 5.88 Å². The van der Waals surface area contributed by atoms with Gasteiger partial charge in [-0.15, -0.1) is 0 Å². The largest absolute Gasteiger partial charge is 0.478 e. The van der Waals surface area contributed by atoms with Gasteiger partial charge in [-0.25, -0.2) is 9.97 Å². The van der Waals surface area contributed by atoms with Crippen LogP contribution in [0.5, 0.6) is 5.88 Å². The molecule has 2 heterocycles. The van der Waals surface area contributed by atoms with Crippen LogP contribution in [0.15, 0.2) is 12.4 Å². The Balaban J connectivity index is 2.16. The van der Waals surface area contributed by atoms with Gasteiger partial charge in [0, 0.05) is 12.6 Å². The number of hydrogen-bond acceptors (Lipinski definition) is 5. The number of ether oxygens (including phenoxy) is 1. The van der Waals surface area contributed by atoms with Crippen LogP contribution in [-0.4, -0.2) is 40.9 Å². The number of anilines is 1. The molecule has 17 heavy (non-hydrogen) atoms. The maximum Gasteiger partial charge on any atom is 0.218 e. The van der Waals surface area contributed by atoms with E-state index in [1.165, 1.54) is 12.7 Å². The molecule has 5 nitrogen and oxygen atoms in total. The monoisotopic (exact) mass is 237 g/mol. The molecule has 1 aliphatic heterocycles. The quantitative estimate of drug-likeness (QED) is 0.853. The van der Waals surface area contributed by atoms with Crippen molar-refractivity contribution in [3.63, 3.8) is 0 Å². The van der Waals surface area contributed by atoms with Crippen LogP contribution in [0.3, 0.4) is 0 Å². The van der Waals surface area contributed by atoms with Gasteiger partial charge in [0.15, 0.2) is 0 Å². The predicted octanol–water partition coefficient (Wildman–Crippen LogP) is 1.23. The number of hydrogen-bond donors (Lipinski definition) is 1. The maximum absolute atomic E-state index is 9.38. The molecule has 0 aromatic carbocycles. The zero-order valence-corrected chi connectivity index (χ0v) is 10.2. The van der Waals surface area contributed by atoms with Crippen LogP contribution in [-0.2, 0) is 0 Å². The van der Waals surface area contributed by atoms with Crippen LogP contribution in [0.1, 0.15) is 26.2 Å². The van der Waals surface area contributed by atoms with E-state index in [-0.39, 0.29) is 12.6 Å². The van der Waals surface area contributed by atoms with Crippen molar-refractivity contribution >= 4 is 5.82 Å². The van der Waals surface area contributed by atoms with Gasteiger partial charge in [-0.05, 0) is 26.2 Å². The maximum atomic E-state index is 9.38. The summed E-state index contributed by atoms with van der Waals surface area (Å²) in [5.41, 5.74) is 0. The second-order valence-corrected chi connectivity index (χ2v) is 4.17. The third-order valence-electron chi connectivity index (χ3n) is 3.05. The van der Waals surface area contributed by atoms with Gasteiger partial charge in [0.25, 0.3) is 0 Å². The molecule has 0 bridgehead atoms. The van der Waals surface area contributed by atoms with Gasteiger partial charge in [-0.3, -0.25) is 0 Å². The molecular formula is C12H19N3O2. The fraction of sp³-hybridized carbons (Fsp3) is 0.667. The molecule has 1 aliphatic rings. The molecule has 94 valence electrons. The van der Waals surface area contributed by atoms with Crippen molar-refractivity contribution in [2.45, 2.75) is 32.2 Å². The summed E-state index contributed by atoms with van der Waals surface area (Å²) in [7, 11) is 0. The van der Waals surface area contributed by atoms with Gasteiger partial charge < -0.3 is 14.7 Å². The molecule has 1 unspecified atom stereocenters. The fourth-order valence-electron chi connectivity index (χ4n) is 2.21. The summed E-state index contributed by atoms with van der Waals surface area (Å²) in [4.78, 5) is 10.5. The molecule has 0 saturated carbocycles. The summed E-state index contributed by atoms with van der Waals surface area (Å²) in [6, 6.07) is 2.02. The van der Waals surface area contributed by atoms with E-state index in [4.69, 9.17) is 4.74 Å². The van der Waals surface area contributed by atoms with Crippen molar-refractivity contribution in [3.8, 4) is 5.88 Å². The Kier molecular flexibility index (Phi) is 4.14. The Morgan fingerprint density at radius 2 is 2.35 bits per heavy atom. The molecule has 1 aromatic heterocycles. The van der Waals surface area contributed by atoms with E-state index in [9.17, 15) is 5.11 Å². The first-order valence-corrected chi connectivity index (χ1v) is 6.17. The molecule has 2 rings (SSSR count). The third-order valence-corrected chi connectivity index (χ3v) is 3.05. The Bertz CT molecular complexity index is 359. The highest BCUT2D eigenvalue weighted by Crippen LogP contribution is 2.24. The molecule has 0 aliphatic carbocycles. The predicted molar refractivity (Wildman–Crippen MR) is 65.3 cm³/mol. The lowest BCUT2D eigenvalue weighted by Gasteiger charge is -2.35. The Hall–Kier alpha value is -1.36. The normalized spacial score (nSPS) is 20.4. The van der Waals surface area contributed by atoms with Crippen molar-refractivity contribution in [1.29, 1.82) is 0 Å². The lowest BCUT2D eigenvalue weighted by Crippen LogP contribution is -2.42. The van der Waals surface area contributed by atoms with Crippen molar-refractivity contribution in [2.24, 2.45) is 0 Å². The first kappa shape index (κ1) is 12.1. The van der Waals surface area contributed by atoms with Crippen molar-refractivity contribution < 1.29 is 9.84 Å². The van der Waals surface area contributed by atoms with Gasteiger partial charge in [-0.1, -0.05) is 0 Å². The Morgan fingerprint density at radius 3 is 3.12 bits per heavy atom. The lowest BCUT2D eigenvalue weighted by atomic mass is 10.0. The number of nitrogens with zero attached hydrogens (tertiary/aromatic N) is 3. The molecule has 0 spiro atoms. The molecular weight excluding hydrogens is 218 g/mol. The average Bonchev–Trinajstić information content (AvgIpc) is 2.39. The van der Waals surface area contributed by atoms with E-state index >= 15 is 0 Å². The van der Waals surface area contributed by atoms with Crippen LogP contribution in [0, 0.1) is 0 Å². The second kappa shape index (κ2) is 5.82. The number of aromatic nitrogens is 2. The minimum atomic E-state index is 0.174. The summed E-state index contributed by atoms with van der Waals surface area (Å²) in [6.07, 6.45) is 4.85. The first-order valence-electron chi connectivity index (χ1n) is 6.17. The molecule has 5 heteroatoms. The average molecular weight is 237 g/mol. The number of aliphatic hydroxyl groups is 1. The molecule has 0 amide bonds. The van der Waals surface area contributed by atoms with Crippen molar-refractivity contribution in [3.05, 3.63) is 12.4 Å². The number of aliphatic hydroxyl groups excluding tert-OH is 1. The molecule has 1 saturated heterocycles. The Morgan fingerprint density at radius 1 is 1.47 bits per heavy atom. The van der Waals surface area contributed by atoms with Crippen molar-refractivity contribution in [1.82, 2.24) is 9.97 Å². The standard InChI is InChI=1S/C12H19N3O2/c1-2-17-12-7-11(13-9-14-12)15-6-4-3-5-10(15)8-16/h7,9-10,16H,2-6,8H2,1H3. The Labute approximate surface area is 101 Å². The lowest BCUT2D eigenvalue weighted by molar-refractivity contribution is 0.239. The van der Waals surface area contributed by atoms with E-state index in [1.807, 2.05) is 13.0 Å². The van der Waals surface area contributed by atoms with Crippen LogP contribution in [0.4, 0.5) is 5.82 Å². The van der Waals surface area contributed by atoms with Gasteiger partial charge >= 0.3 is 0 Å². The van der Waals surface area contributed by atoms with Gasteiger partial charge in [-0.2, -0.15) is 0 Å². The smallest absolute Gasteiger partial charge is 0.218 e. The SMILES string of the molecule is CCOc1cc(N2CCCCC2CO)ncn1. The highest BCUT2D eigenvalue weighted by atomic mass is 16.5. The summed E-state index contributed by atoms with van der Waals surface area (Å²) in [6.45, 7) is 3.64. The van der Waals surface area contributed by atoms with Crippen LogP contribution in [0.2, 0.25) is 0 Å². The molecule has 1 atom stereocenters. The molecule has 1 fully saturated rings. The van der Waals surface area contributed by atoms with E-state index < -0.39 is 0 Å². The van der Waals surface area contributed by atoms with E-state index in [0.717, 1.165) is 25.2 Å². The second-order valence-electron chi connectivity index (χ2n) is 4.17. The summed E-state index contributed by atoms with van der Waals surface area (Å²) in [5, 5.41) is 9.38. The van der Waals surface area contributed by atoms with Gasteiger partial charge in [0.05, 0.1) is 19.3 Å². The van der Waals surface area contributed by atoms with Crippen LogP contribution >= 0.6 is 0 Å². The highest BCUT2D eigenvalue weighted by molar-refractivity contribution is 5.42. The number of rotatable bonds is 4. The molecule has 0 radical (unpaired) electrons. The zero-order chi connectivity index (χ0) is 12.1. The molecule has 1 aromatic rings. The first-order chi connectivity index (χ1) is 8.35. The molecule has 1 N–H and O–H groups in total. The van der Waals surface area contributed by atoms with Crippen LogP contribution in [0.25, 0.3) is 0 Å². The summed E-state index contributed by atoms with van der Waals surface area (Å²) < 4.78 is 5.37. The van der Waals surface area contributed by atoms with E-state index in [2.05, 4.69) is 14.9 Å². The fourth-order valence-corrected chi connectivity index (χ4v) is 2.21. The van der Waals surface area contributed by atoms with Crippen molar-refractivity contribution in [2.75, 3.05) is 24.7 Å². The van der Waals surface area contributed by atoms with E-state index in [1.54, 1.807) is 0 Å². The number of piperidine rings is 1. The highest BCUT2D eigenvalue weighted by Gasteiger charge is 2.23. The van der Waals surface area contributed by atoms with E-state index in [0.29, 0.717) is 12.5 Å². The third kappa shape index (κ3) is 2.85. The summed E-state index contributed by atoms with van der Waals surface area (Å²) in [5.74, 6) is 1.45.